The number of hydrogen-bond acceptors (Lipinski definition) is 4. The van der Waals surface area contributed by atoms with Gasteiger partial charge < -0.3 is 19.9 Å². The second kappa shape index (κ2) is 5.14. The molecule has 0 aromatic heterocycles. The summed E-state index contributed by atoms with van der Waals surface area (Å²) in [6.07, 6.45) is 0. The Hall–Kier alpha value is -0.940. The fraction of sp³-hybridized carbons (Fsp3) is 0.500. The molecule has 4 nitrogen and oxygen atoms in total. The van der Waals surface area contributed by atoms with Crippen LogP contribution in [-0.4, -0.2) is 26.9 Å². The highest BCUT2D eigenvalue weighted by molar-refractivity contribution is 9.10. The number of nitrogens with two attached hydrogens (primary N) is 1. The summed E-state index contributed by atoms with van der Waals surface area (Å²) in [6.45, 7) is 3.74. The maximum Gasteiger partial charge on any atom is 0.179 e. The van der Waals surface area contributed by atoms with E-state index in [2.05, 4.69) is 22.9 Å². The molecule has 5 heteroatoms. The van der Waals surface area contributed by atoms with Crippen LogP contribution in [0.4, 0.5) is 0 Å². The third kappa shape index (κ3) is 2.21. The molecule has 0 fully saturated rings. The van der Waals surface area contributed by atoms with Crippen molar-refractivity contribution in [2.75, 3.05) is 26.9 Å². The maximum atomic E-state index is 5.71. The van der Waals surface area contributed by atoms with Gasteiger partial charge in [0, 0.05) is 5.56 Å². The topological polar surface area (TPSA) is 53.7 Å². The molecule has 17 heavy (non-hydrogen) atoms. The number of methoxy groups -OCH3 is 1. The first kappa shape index (κ1) is 12.5. The Labute approximate surface area is 109 Å². The van der Waals surface area contributed by atoms with Crippen molar-refractivity contribution in [3.8, 4) is 17.2 Å². The number of halogens is 1. The van der Waals surface area contributed by atoms with Gasteiger partial charge in [0.15, 0.2) is 11.5 Å². The fourth-order valence-corrected chi connectivity index (χ4v) is 2.55. The zero-order valence-corrected chi connectivity index (χ0v) is 11.5. The third-order valence-electron chi connectivity index (χ3n) is 2.85. The Bertz CT molecular complexity index is 423. The largest absolute Gasteiger partial charge is 0.495 e. The van der Waals surface area contributed by atoms with Gasteiger partial charge in [0.05, 0.1) is 7.11 Å². The van der Waals surface area contributed by atoms with Gasteiger partial charge in [-0.05, 0) is 34.5 Å². The lowest BCUT2D eigenvalue weighted by atomic mass is 9.99. The molecule has 0 saturated carbocycles. The van der Waals surface area contributed by atoms with Crippen LogP contribution in [0.25, 0.3) is 0 Å². The average molecular weight is 302 g/mol. The molecule has 1 aromatic carbocycles. The monoisotopic (exact) mass is 301 g/mol. The molecule has 1 aromatic rings. The summed E-state index contributed by atoms with van der Waals surface area (Å²) in [5.41, 5.74) is 6.74. The molecule has 1 heterocycles. The van der Waals surface area contributed by atoms with E-state index in [-0.39, 0.29) is 5.92 Å². The zero-order chi connectivity index (χ0) is 12.4. The van der Waals surface area contributed by atoms with Gasteiger partial charge in [0.1, 0.15) is 23.4 Å². The lowest BCUT2D eigenvalue weighted by Gasteiger charge is -2.24. The number of hydrogen-bond donors (Lipinski definition) is 1. The molecule has 0 aliphatic carbocycles. The highest BCUT2D eigenvalue weighted by atomic mass is 79.9. The minimum absolute atomic E-state index is 0.206. The van der Waals surface area contributed by atoms with Crippen LogP contribution in [0, 0.1) is 0 Å². The lowest BCUT2D eigenvalue weighted by Crippen LogP contribution is -2.17. The van der Waals surface area contributed by atoms with E-state index in [1.54, 1.807) is 7.11 Å². The van der Waals surface area contributed by atoms with Crippen molar-refractivity contribution in [2.24, 2.45) is 5.73 Å². The summed E-state index contributed by atoms with van der Waals surface area (Å²) in [5.74, 6) is 2.43. The summed E-state index contributed by atoms with van der Waals surface area (Å²) in [7, 11) is 1.64. The van der Waals surface area contributed by atoms with Crippen molar-refractivity contribution in [1.29, 1.82) is 0 Å². The zero-order valence-electron chi connectivity index (χ0n) is 9.96. The van der Waals surface area contributed by atoms with Crippen molar-refractivity contribution in [2.45, 2.75) is 12.8 Å². The first-order valence-corrected chi connectivity index (χ1v) is 6.34. The predicted octanol–water partition coefficient (Wildman–Crippen LogP) is 2.29. The van der Waals surface area contributed by atoms with E-state index in [9.17, 15) is 0 Å². The van der Waals surface area contributed by atoms with Crippen LogP contribution in [0.3, 0.4) is 0 Å². The Morgan fingerprint density at radius 1 is 1.47 bits per heavy atom. The summed E-state index contributed by atoms with van der Waals surface area (Å²) in [5, 5.41) is 0. The summed E-state index contributed by atoms with van der Waals surface area (Å²) in [4.78, 5) is 0. The van der Waals surface area contributed by atoms with Gasteiger partial charge in [0.2, 0.25) is 0 Å². The highest BCUT2D eigenvalue weighted by Crippen LogP contribution is 2.47. The van der Waals surface area contributed by atoms with Crippen LogP contribution in [0.15, 0.2) is 10.5 Å². The van der Waals surface area contributed by atoms with Crippen molar-refractivity contribution in [1.82, 2.24) is 0 Å². The molecule has 0 spiro atoms. The number of ether oxygens (including phenoxy) is 3. The molecule has 1 atom stereocenters. The quantitative estimate of drug-likeness (QED) is 0.931. The molecule has 0 radical (unpaired) electrons. The van der Waals surface area contributed by atoms with Crippen molar-refractivity contribution >= 4 is 15.9 Å². The SMILES string of the molecule is COc1c(C(C)CN)cc2c(c1Br)OCCO2. The van der Waals surface area contributed by atoms with Crippen LogP contribution >= 0.6 is 15.9 Å². The molecular weight excluding hydrogens is 286 g/mol. The highest BCUT2D eigenvalue weighted by Gasteiger charge is 2.24. The molecule has 0 saturated heterocycles. The minimum Gasteiger partial charge on any atom is -0.495 e. The fourth-order valence-electron chi connectivity index (χ4n) is 1.85. The molecule has 94 valence electrons. The van der Waals surface area contributed by atoms with Gasteiger partial charge in [-0.25, -0.2) is 0 Å². The maximum absolute atomic E-state index is 5.71. The first-order chi connectivity index (χ1) is 8.19. The van der Waals surface area contributed by atoms with Crippen LogP contribution < -0.4 is 19.9 Å². The summed E-state index contributed by atoms with van der Waals surface area (Å²) in [6, 6.07) is 1.95. The second-order valence-electron chi connectivity index (χ2n) is 3.97. The normalized spacial score (nSPS) is 15.5. The molecule has 0 bridgehead atoms. The van der Waals surface area contributed by atoms with Gasteiger partial charge in [-0.1, -0.05) is 6.92 Å². The lowest BCUT2D eigenvalue weighted by molar-refractivity contribution is 0.169. The second-order valence-corrected chi connectivity index (χ2v) is 4.77. The van der Waals surface area contributed by atoms with Crippen LogP contribution in [0.1, 0.15) is 18.4 Å². The van der Waals surface area contributed by atoms with Crippen LogP contribution in [0.2, 0.25) is 0 Å². The van der Waals surface area contributed by atoms with E-state index in [1.807, 2.05) is 6.07 Å². The van der Waals surface area contributed by atoms with Crippen LogP contribution in [0.5, 0.6) is 17.2 Å². The number of benzene rings is 1. The Morgan fingerprint density at radius 2 is 2.18 bits per heavy atom. The summed E-state index contributed by atoms with van der Waals surface area (Å²) >= 11 is 3.50. The number of rotatable bonds is 3. The van der Waals surface area contributed by atoms with Crippen molar-refractivity contribution in [3.63, 3.8) is 0 Å². The Morgan fingerprint density at radius 3 is 2.82 bits per heavy atom. The van der Waals surface area contributed by atoms with E-state index in [4.69, 9.17) is 19.9 Å². The van der Waals surface area contributed by atoms with Gasteiger partial charge >= 0.3 is 0 Å². The molecular formula is C12H16BrNO3. The molecule has 2 N–H and O–H groups in total. The standard InChI is InChI=1S/C12H16BrNO3/c1-7(6-14)8-5-9-12(17-4-3-16-9)10(13)11(8)15-2/h5,7H,3-4,6,14H2,1-2H3. The minimum atomic E-state index is 0.206. The van der Waals surface area contributed by atoms with E-state index >= 15 is 0 Å². The van der Waals surface area contributed by atoms with E-state index in [0.29, 0.717) is 25.5 Å². The Kier molecular flexibility index (Phi) is 3.79. The van der Waals surface area contributed by atoms with Gasteiger partial charge in [0.25, 0.3) is 0 Å². The van der Waals surface area contributed by atoms with E-state index < -0.39 is 0 Å². The van der Waals surface area contributed by atoms with Gasteiger partial charge in [-0.15, -0.1) is 0 Å². The van der Waals surface area contributed by atoms with E-state index in [1.165, 1.54) is 0 Å². The first-order valence-electron chi connectivity index (χ1n) is 5.55. The van der Waals surface area contributed by atoms with Crippen LogP contribution in [-0.2, 0) is 0 Å². The molecule has 1 aliphatic rings. The smallest absolute Gasteiger partial charge is 0.179 e. The average Bonchev–Trinajstić information content (AvgIpc) is 2.37. The van der Waals surface area contributed by atoms with Gasteiger partial charge in [-0.2, -0.15) is 0 Å². The summed E-state index contributed by atoms with van der Waals surface area (Å²) < 4.78 is 17.4. The van der Waals surface area contributed by atoms with Crippen molar-refractivity contribution < 1.29 is 14.2 Å². The third-order valence-corrected chi connectivity index (χ3v) is 3.57. The Balaban J connectivity index is 2.55. The predicted molar refractivity (Wildman–Crippen MR) is 69.2 cm³/mol. The van der Waals surface area contributed by atoms with Gasteiger partial charge in [-0.3, -0.25) is 0 Å². The van der Waals surface area contributed by atoms with Crippen molar-refractivity contribution in [3.05, 3.63) is 16.1 Å². The van der Waals surface area contributed by atoms with E-state index in [0.717, 1.165) is 21.5 Å². The molecule has 1 aliphatic heterocycles. The number of fused-ring (bicyclic) bond motifs is 1. The molecule has 2 rings (SSSR count). The molecule has 0 amide bonds. The molecule has 1 unspecified atom stereocenters.